The van der Waals surface area contributed by atoms with Crippen molar-refractivity contribution >= 4 is 21.6 Å². The highest BCUT2D eigenvalue weighted by molar-refractivity contribution is 7.92. The lowest BCUT2D eigenvalue weighted by molar-refractivity contribution is 0.117. The van der Waals surface area contributed by atoms with Crippen LogP contribution < -0.4 is 14.8 Å². The molecule has 2 aromatic rings. The van der Waals surface area contributed by atoms with Crippen LogP contribution in [-0.2, 0) is 42.1 Å². The number of fused-ring (bicyclic) bond motifs is 3. The molecule has 0 saturated carbocycles. The van der Waals surface area contributed by atoms with Crippen LogP contribution >= 0.6 is 0 Å². The van der Waals surface area contributed by atoms with Gasteiger partial charge in [0.1, 0.15) is 12.4 Å². The number of amides is 2. The Morgan fingerprint density at radius 3 is 2.53 bits per heavy atom. The van der Waals surface area contributed by atoms with Gasteiger partial charge in [0.2, 0.25) is 5.88 Å². The lowest BCUT2D eigenvalue weighted by Gasteiger charge is -2.29. The first-order valence-corrected chi connectivity index (χ1v) is 12.8. The quantitative estimate of drug-likeness (QED) is 0.504. The first-order chi connectivity index (χ1) is 16.3. The molecule has 3 aliphatic rings. The van der Waals surface area contributed by atoms with Crippen molar-refractivity contribution in [2.45, 2.75) is 56.0 Å². The Bertz CT molecular complexity index is 1300. The normalized spacial score (nSPS) is 19.9. The van der Waals surface area contributed by atoms with E-state index in [2.05, 4.69) is 19.5 Å². The van der Waals surface area contributed by atoms with Crippen LogP contribution in [0.25, 0.3) is 0 Å². The zero-order valence-electron chi connectivity index (χ0n) is 19.1. The average molecular weight is 488 g/mol. The Morgan fingerprint density at radius 1 is 1.26 bits per heavy atom. The molecule has 10 nitrogen and oxygen atoms in total. The molecule has 2 unspecified atom stereocenters. The summed E-state index contributed by atoms with van der Waals surface area (Å²) in [6, 6.07) is -0.799. The van der Waals surface area contributed by atoms with Gasteiger partial charge in [-0.25, -0.2) is 22.8 Å². The maximum absolute atomic E-state index is 14.9. The van der Waals surface area contributed by atoms with Gasteiger partial charge < -0.3 is 15.0 Å². The maximum atomic E-state index is 14.9. The van der Waals surface area contributed by atoms with Crippen LogP contribution in [0, 0.1) is 17.3 Å². The molecule has 0 saturated heterocycles. The largest absolute Gasteiger partial charge is 0.475 e. The second-order valence-corrected chi connectivity index (χ2v) is 10.9. The number of rotatable bonds is 4. The van der Waals surface area contributed by atoms with Gasteiger partial charge in [0.15, 0.2) is 21.0 Å². The van der Waals surface area contributed by atoms with Gasteiger partial charge in [0.25, 0.3) is 0 Å². The van der Waals surface area contributed by atoms with E-state index < -0.39 is 15.9 Å². The van der Waals surface area contributed by atoms with Crippen molar-refractivity contribution in [3.8, 4) is 12.1 Å². The van der Waals surface area contributed by atoms with Crippen LogP contribution in [0.4, 0.5) is 14.9 Å². The molecule has 34 heavy (non-hydrogen) atoms. The predicted molar refractivity (Wildman–Crippen MR) is 122 cm³/mol. The number of carbonyl (C=O) groups excluding carboxylic acids is 1. The molecule has 180 valence electrons. The van der Waals surface area contributed by atoms with Crippen LogP contribution in [0.15, 0.2) is 15.5 Å². The second kappa shape index (κ2) is 8.56. The maximum Gasteiger partial charge on any atom is 0.355 e. The van der Waals surface area contributed by atoms with E-state index in [0.29, 0.717) is 55.6 Å². The summed E-state index contributed by atoms with van der Waals surface area (Å²) < 4.78 is 42.0. The fourth-order valence-corrected chi connectivity index (χ4v) is 6.28. The summed E-state index contributed by atoms with van der Waals surface area (Å²) in [5.41, 5.74) is 3.48. The first-order valence-electron chi connectivity index (χ1n) is 11.3. The van der Waals surface area contributed by atoms with Crippen LogP contribution in [0.5, 0.6) is 5.88 Å². The molecule has 12 heteroatoms. The molecule has 0 spiro atoms. The Morgan fingerprint density at radius 2 is 1.91 bits per heavy atom. The minimum absolute atomic E-state index is 0.0379. The highest BCUT2D eigenvalue weighted by atomic mass is 32.2. The molecule has 2 atom stereocenters. The molecule has 2 aliphatic carbocycles. The molecule has 2 N–H and O–H groups in total. The van der Waals surface area contributed by atoms with Gasteiger partial charge in [-0.1, -0.05) is 0 Å². The number of hydrogen-bond acceptors (Lipinski definition) is 6. The summed E-state index contributed by atoms with van der Waals surface area (Å²) in [5.74, 6) is 0.0653. The van der Waals surface area contributed by atoms with Gasteiger partial charge >= 0.3 is 6.03 Å². The summed E-state index contributed by atoms with van der Waals surface area (Å²) >= 11 is 0. The van der Waals surface area contributed by atoms with E-state index >= 15 is 0 Å². The molecular weight excluding hydrogens is 461 g/mol. The molecule has 5 rings (SSSR count). The monoisotopic (exact) mass is 487 g/mol. The lowest BCUT2D eigenvalue weighted by Crippen LogP contribution is -2.41. The number of ether oxygens (including phenoxy) is 1. The van der Waals surface area contributed by atoms with E-state index in [9.17, 15) is 18.7 Å². The standard InChI is InChI=1S/C22H26FN7O3S/c1-29(2)13-10-30-21(33-11-13)18(9-25-30)34(32,26-12-24)28-22(31)27-20-16-7-3-5-14(16)19(23)15-6-4-8-17(15)20/h9,13H,3-8,10-11H2,1-2H3,(H2,26,27,28,31,32). The van der Waals surface area contributed by atoms with Crippen molar-refractivity contribution in [2.24, 2.45) is 4.36 Å². The predicted octanol–water partition coefficient (Wildman–Crippen LogP) is 2.37. The molecule has 1 aromatic carbocycles. The minimum Gasteiger partial charge on any atom is -0.475 e. The molecule has 2 heterocycles. The van der Waals surface area contributed by atoms with E-state index in [1.54, 1.807) is 10.9 Å². The van der Waals surface area contributed by atoms with E-state index in [-0.39, 0.29) is 22.6 Å². The summed E-state index contributed by atoms with van der Waals surface area (Å²) in [6.07, 6.45) is 7.18. The van der Waals surface area contributed by atoms with Crippen LogP contribution in [0.3, 0.4) is 0 Å². The second-order valence-electron chi connectivity index (χ2n) is 9.00. The molecule has 0 fully saturated rings. The zero-order valence-corrected chi connectivity index (χ0v) is 19.9. The van der Waals surface area contributed by atoms with Gasteiger partial charge in [-0.05, 0) is 74.9 Å². The fourth-order valence-electron chi connectivity index (χ4n) is 5.04. The SMILES string of the molecule is CN(C)C1COc2c(S(=O)(=NC(=O)Nc3c4c(c(F)c5c3CCC5)CCC4)NC#N)cnn2C1. The van der Waals surface area contributed by atoms with E-state index in [1.807, 2.05) is 19.0 Å². The van der Waals surface area contributed by atoms with Crippen molar-refractivity contribution in [1.29, 1.82) is 5.26 Å². The van der Waals surface area contributed by atoms with Crippen molar-refractivity contribution < 1.29 is 18.1 Å². The number of nitrogens with one attached hydrogen (secondary N) is 2. The molecule has 1 aliphatic heterocycles. The summed E-state index contributed by atoms with van der Waals surface area (Å²) in [4.78, 5) is 15.0. The molecule has 0 radical (unpaired) electrons. The van der Waals surface area contributed by atoms with Gasteiger partial charge in [0, 0.05) is 5.69 Å². The van der Waals surface area contributed by atoms with E-state index in [0.717, 1.165) is 24.0 Å². The number of hydrogen-bond donors (Lipinski definition) is 2. The van der Waals surface area contributed by atoms with Crippen LogP contribution in [-0.4, -0.2) is 51.7 Å². The van der Waals surface area contributed by atoms with Crippen molar-refractivity contribution in [3.63, 3.8) is 0 Å². The number of carbonyl (C=O) groups is 1. The molecule has 0 bridgehead atoms. The van der Waals surface area contributed by atoms with Crippen LogP contribution in [0.1, 0.15) is 35.1 Å². The van der Waals surface area contributed by atoms with Gasteiger partial charge in [-0.15, -0.1) is 4.36 Å². The summed E-state index contributed by atoms with van der Waals surface area (Å²) in [6.45, 7) is 0.846. The van der Waals surface area contributed by atoms with Crippen LogP contribution in [0.2, 0.25) is 0 Å². The number of urea groups is 1. The number of aromatic nitrogens is 2. The highest BCUT2D eigenvalue weighted by Gasteiger charge is 2.32. The molecule has 1 aromatic heterocycles. The molecular formula is C22H26FN7O3S. The summed E-state index contributed by atoms with van der Waals surface area (Å²) in [7, 11) is 0.143. The number of nitriles is 1. The third-order valence-corrected chi connectivity index (χ3v) is 8.45. The number of benzene rings is 1. The minimum atomic E-state index is -3.70. The number of halogens is 1. The Hall–Kier alpha value is -3.17. The van der Waals surface area contributed by atoms with Gasteiger partial charge in [0.05, 0.1) is 18.8 Å². The Kier molecular flexibility index (Phi) is 5.69. The third-order valence-electron chi connectivity index (χ3n) is 6.78. The van der Waals surface area contributed by atoms with E-state index in [4.69, 9.17) is 4.74 Å². The van der Waals surface area contributed by atoms with E-state index in [1.165, 1.54) is 6.20 Å². The van der Waals surface area contributed by atoms with Gasteiger partial charge in [-0.3, -0.25) is 0 Å². The fraction of sp³-hybridized carbons (Fsp3) is 0.500. The van der Waals surface area contributed by atoms with Crippen molar-refractivity contribution in [3.05, 3.63) is 34.3 Å². The van der Waals surface area contributed by atoms with Crippen molar-refractivity contribution in [2.75, 3.05) is 26.0 Å². The van der Waals surface area contributed by atoms with Gasteiger partial charge in [-0.2, -0.15) is 10.4 Å². The van der Waals surface area contributed by atoms with Crippen molar-refractivity contribution in [1.82, 2.24) is 19.4 Å². The average Bonchev–Trinajstić information content (AvgIpc) is 3.55. The highest BCUT2D eigenvalue weighted by Crippen LogP contribution is 2.41. The Labute approximate surface area is 197 Å². The lowest BCUT2D eigenvalue weighted by atomic mass is 9.98. The smallest absolute Gasteiger partial charge is 0.355 e. The first kappa shape index (κ1) is 22.6. The topological polar surface area (TPSA) is 125 Å². The Balaban J connectivity index is 1.51. The number of likely N-dealkylation sites (N-methyl/N-ethyl adjacent to an activating group) is 1. The number of nitrogens with zero attached hydrogens (tertiary/aromatic N) is 5. The number of anilines is 1. The zero-order chi connectivity index (χ0) is 24.0. The third kappa shape index (κ3) is 3.69. The molecule has 2 amide bonds. The summed E-state index contributed by atoms with van der Waals surface area (Å²) in [5, 5.41) is 16.3.